The summed E-state index contributed by atoms with van der Waals surface area (Å²) in [7, 11) is 0. The predicted octanol–water partition coefficient (Wildman–Crippen LogP) is -0.0340. The molecule has 28 heavy (non-hydrogen) atoms. The number of carboxylic acids is 1. The van der Waals surface area contributed by atoms with Crippen LogP contribution >= 0.6 is 0 Å². The van der Waals surface area contributed by atoms with Gasteiger partial charge in [0.05, 0.1) is 0 Å². The average molecular weight is 399 g/mol. The molecule has 0 fully saturated rings. The van der Waals surface area contributed by atoms with Gasteiger partial charge < -0.3 is 28.8 Å². The summed E-state index contributed by atoms with van der Waals surface area (Å²) in [5, 5.41) is 9.32. The minimum Gasteiger partial charge on any atom is -0.477 e. The van der Waals surface area contributed by atoms with Crippen molar-refractivity contribution in [3.05, 3.63) is 11.8 Å². The number of hydrogen-bond acceptors (Lipinski definition) is 10. The second-order valence-corrected chi connectivity index (χ2v) is 6.16. The van der Waals surface area contributed by atoms with Crippen LogP contribution in [0.25, 0.3) is 0 Å². The molecule has 0 amide bonds. The van der Waals surface area contributed by atoms with Crippen molar-refractivity contribution in [3.8, 4) is 0 Å². The second-order valence-electron chi connectivity index (χ2n) is 6.16. The van der Waals surface area contributed by atoms with E-state index >= 15 is 0 Å². The van der Waals surface area contributed by atoms with E-state index in [1.807, 2.05) is 0 Å². The van der Waals surface area contributed by atoms with Crippen molar-refractivity contribution >= 4 is 29.8 Å². The molecule has 0 aromatic rings. The van der Waals surface area contributed by atoms with Crippen molar-refractivity contribution in [1.29, 1.82) is 0 Å². The number of nitrogens with zero attached hydrogens (tertiary/aromatic N) is 1. The lowest BCUT2D eigenvalue weighted by molar-refractivity contribution is -0.187. The molecule has 2 aliphatic heterocycles. The Bertz CT molecular complexity index is 727. The number of esters is 3. The maximum atomic E-state index is 11.7. The van der Waals surface area contributed by atoms with Gasteiger partial charge in [-0.2, -0.15) is 0 Å². The number of aliphatic imine (C=N–C) groups is 1. The minimum absolute atomic E-state index is 0.289. The molecule has 2 rings (SSSR count). The third kappa shape index (κ3) is 5.21. The van der Waals surface area contributed by atoms with Gasteiger partial charge in [-0.05, 0) is 0 Å². The molecule has 2 heterocycles. The maximum Gasteiger partial charge on any atom is 0.370 e. The van der Waals surface area contributed by atoms with Crippen molar-refractivity contribution < 1.29 is 48.0 Å². The van der Waals surface area contributed by atoms with E-state index in [2.05, 4.69) is 4.99 Å². The topological polar surface area (TPSA) is 147 Å². The Morgan fingerprint density at radius 1 is 1.11 bits per heavy atom. The fourth-order valence-electron chi connectivity index (χ4n) is 2.92. The fourth-order valence-corrected chi connectivity index (χ4v) is 2.92. The van der Waals surface area contributed by atoms with Crippen molar-refractivity contribution in [1.82, 2.24) is 0 Å². The molecular formula is C17H21NO10. The third-order valence-corrected chi connectivity index (χ3v) is 3.86. The van der Waals surface area contributed by atoms with Gasteiger partial charge in [-0.15, -0.1) is 0 Å². The first-order valence-corrected chi connectivity index (χ1v) is 8.39. The van der Waals surface area contributed by atoms with Gasteiger partial charge in [0.1, 0.15) is 18.8 Å². The lowest BCUT2D eigenvalue weighted by Crippen LogP contribution is -2.54. The SMILES string of the molecule is CC(=O)OC[C@@H](OC(C)=O)[C@H](OC(C)=O)[C@@H]1OC(C(=O)O)=C[C@H]2OC(C)=N[C@H]12. The van der Waals surface area contributed by atoms with Crippen molar-refractivity contribution in [2.75, 3.05) is 6.61 Å². The van der Waals surface area contributed by atoms with Crippen LogP contribution in [0.4, 0.5) is 0 Å². The Morgan fingerprint density at radius 2 is 1.75 bits per heavy atom. The van der Waals surface area contributed by atoms with Gasteiger partial charge in [0.2, 0.25) is 5.76 Å². The van der Waals surface area contributed by atoms with Gasteiger partial charge in [0.15, 0.2) is 24.2 Å². The molecule has 0 aliphatic carbocycles. The summed E-state index contributed by atoms with van der Waals surface area (Å²) in [6.45, 7) is 4.55. The van der Waals surface area contributed by atoms with Gasteiger partial charge >= 0.3 is 23.9 Å². The number of carbonyl (C=O) groups is 4. The summed E-state index contributed by atoms with van der Waals surface area (Å²) in [5.74, 6) is -3.61. The molecule has 0 bridgehead atoms. The van der Waals surface area contributed by atoms with Gasteiger partial charge in [0, 0.05) is 33.8 Å². The Labute approximate surface area is 160 Å². The Balaban J connectivity index is 2.41. The molecule has 1 N–H and O–H groups in total. The van der Waals surface area contributed by atoms with Crippen LogP contribution in [0.5, 0.6) is 0 Å². The maximum absolute atomic E-state index is 11.7. The van der Waals surface area contributed by atoms with E-state index in [1.165, 1.54) is 6.08 Å². The molecule has 0 aromatic heterocycles. The minimum atomic E-state index is -1.36. The molecule has 0 spiro atoms. The normalized spacial score (nSPS) is 24.9. The summed E-state index contributed by atoms with van der Waals surface area (Å²) < 4.78 is 26.3. The summed E-state index contributed by atoms with van der Waals surface area (Å²) in [4.78, 5) is 50.1. The van der Waals surface area contributed by atoms with Crippen molar-refractivity contribution in [2.24, 2.45) is 4.99 Å². The highest BCUT2D eigenvalue weighted by Crippen LogP contribution is 2.32. The largest absolute Gasteiger partial charge is 0.477 e. The van der Waals surface area contributed by atoms with E-state index < -0.39 is 66.7 Å². The molecule has 0 saturated carbocycles. The molecular weight excluding hydrogens is 378 g/mol. The lowest BCUT2D eigenvalue weighted by Gasteiger charge is -2.37. The summed E-state index contributed by atoms with van der Waals surface area (Å²) in [6, 6.07) is -0.761. The van der Waals surface area contributed by atoms with E-state index in [0.29, 0.717) is 0 Å². The number of ether oxygens (including phenoxy) is 5. The molecule has 11 heteroatoms. The van der Waals surface area contributed by atoms with Crippen molar-refractivity contribution in [3.63, 3.8) is 0 Å². The van der Waals surface area contributed by atoms with Gasteiger partial charge in [-0.25, -0.2) is 9.79 Å². The van der Waals surface area contributed by atoms with Crippen molar-refractivity contribution in [2.45, 2.75) is 58.2 Å². The first-order valence-electron chi connectivity index (χ1n) is 8.39. The molecule has 2 aliphatic rings. The van der Waals surface area contributed by atoms with Crippen LogP contribution in [0.3, 0.4) is 0 Å². The van der Waals surface area contributed by atoms with Crippen LogP contribution < -0.4 is 0 Å². The monoisotopic (exact) mass is 399 g/mol. The molecule has 0 aromatic carbocycles. The van der Waals surface area contributed by atoms with Crippen LogP contribution in [0.1, 0.15) is 27.7 Å². The molecule has 11 nitrogen and oxygen atoms in total. The van der Waals surface area contributed by atoms with Crippen LogP contribution in [-0.4, -0.2) is 71.9 Å². The number of carbonyl (C=O) groups excluding carboxylic acids is 3. The fraction of sp³-hybridized carbons (Fsp3) is 0.588. The first kappa shape index (κ1) is 21.2. The number of aliphatic carboxylic acids is 1. The Morgan fingerprint density at radius 3 is 2.29 bits per heavy atom. The zero-order valence-corrected chi connectivity index (χ0v) is 15.7. The van der Waals surface area contributed by atoms with Crippen LogP contribution in [-0.2, 0) is 42.9 Å². The summed E-state index contributed by atoms with van der Waals surface area (Å²) in [5.41, 5.74) is 0. The molecule has 154 valence electrons. The van der Waals surface area contributed by atoms with E-state index in [1.54, 1.807) is 6.92 Å². The number of carboxylic acid groups (broad SMARTS) is 1. The van der Waals surface area contributed by atoms with E-state index in [-0.39, 0.29) is 5.90 Å². The van der Waals surface area contributed by atoms with Gasteiger partial charge in [0.25, 0.3) is 0 Å². The Kier molecular flexibility index (Phi) is 6.60. The number of fused-ring (bicyclic) bond motifs is 1. The quantitative estimate of drug-likeness (QED) is 0.457. The highest BCUT2D eigenvalue weighted by Gasteiger charge is 2.50. The summed E-state index contributed by atoms with van der Waals surface area (Å²) >= 11 is 0. The zero-order valence-electron chi connectivity index (χ0n) is 15.7. The smallest absolute Gasteiger partial charge is 0.370 e. The first-order chi connectivity index (χ1) is 13.1. The molecule has 0 radical (unpaired) electrons. The van der Waals surface area contributed by atoms with E-state index in [0.717, 1.165) is 20.8 Å². The third-order valence-electron chi connectivity index (χ3n) is 3.86. The predicted molar refractivity (Wildman–Crippen MR) is 90.1 cm³/mol. The van der Waals surface area contributed by atoms with Crippen LogP contribution in [0.2, 0.25) is 0 Å². The van der Waals surface area contributed by atoms with E-state index in [4.69, 9.17) is 23.7 Å². The summed E-state index contributed by atoms with van der Waals surface area (Å²) in [6.07, 6.45) is -3.24. The van der Waals surface area contributed by atoms with Gasteiger partial charge in [-0.1, -0.05) is 0 Å². The standard InChI is InChI=1S/C17H21NO10/c1-7-18-14-11(25-7)5-12(17(22)23)28-16(14)15(27-10(4)21)13(26-9(3)20)6-24-8(2)19/h5,11,13-16H,6H2,1-4H3,(H,22,23)/t11-,13-,14+,15+,16-/m1/s1. The number of rotatable bonds is 7. The van der Waals surface area contributed by atoms with E-state index in [9.17, 15) is 24.3 Å². The highest BCUT2D eigenvalue weighted by atomic mass is 16.6. The zero-order chi connectivity index (χ0) is 21.0. The second kappa shape index (κ2) is 8.72. The molecule has 5 atom stereocenters. The molecule has 0 saturated heterocycles. The van der Waals surface area contributed by atoms with Crippen LogP contribution in [0, 0.1) is 0 Å². The lowest BCUT2D eigenvalue weighted by atomic mass is 9.94. The average Bonchev–Trinajstić information content (AvgIpc) is 2.95. The van der Waals surface area contributed by atoms with Gasteiger partial charge in [-0.3, -0.25) is 14.4 Å². The highest BCUT2D eigenvalue weighted by molar-refractivity contribution is 5.85. The van der Waals surface area contributed by atoms with Crippen LogP contribution in [0.15, 0.2) is 16.8 Å². The molecule has 0 unspecified atom stereocenters. The number of hydrogen-bond donors (Lipinski definition) is 1. The Hall–Kier alpha value is -3.11.